The summed E-state index contributed by atoms with van der Waals surface area (Å²) in [6, 6.07) is 0.0759. The van der Waals surface area contributed by atoms with E-state index in [1.54, 1.807) is 0 Å². The van der Waals surface area contributed by atoms with Crippen molar-refractivity contribution in [2.45, 2.75) is 18.7 Å². The van der Waals surface area contributed by atoms with Gasteiger partial charge in [-0.25, -0.2) is 9.18 Å². The number of oxazole rings is 1. The van der Waals surface area contributed by atoms with Gasteiger partial charge in [0, 0.05) is 6.54 Å². The zero-order valence-electron chi connectivity index (χ0n) is 8.34. The normalized spacial score (nSPS) is 25.8. The fourth-order valence-electron chi connectivity index (χ4n) is 1.57. The molecule has 0 bridgehead atoms. The molecular weight excluding hydrogens is 219 g/mol. The van der Waals surface area contributed by atoms with E-state index in [9.17, 15) is 14.3 Å². The van der Waals surface area contributed by atoms with Gasteiger partial charge < -0.3 is 19.5 Å². The van der Waals surface area contributed by atoms with Crippen molar-refractivity contribution in [2.75, 3.05) is 18.0 Å². The van der Waals surface area contributed by atoms with E-state index in [4.69, 9.17) is 9.52 Å². The highest BCUT2D eigenvalue weighted by atomic mass is 19.1. The van der Waals surface area contributed by atoms with E-state index in [2.05, 4.69) is 4.98 Å². The van der Waals surface area contributed by atoms with Crippen LogP contribution in [0.3, 0.4) is 0 Å². The minimum atomic E-state index is -1.37. The summed E-state index contributed by atoms with van der Waals surface area (Å²) in [6.45, 7) is 0.349. The second kappa shape index (κ2) is 4.09. The van der Waals surface area contributed by atoms with Gasteiger partial charge in [-0.3, -0.25) is 0 Å². The number of aliphatic hydroxyl groups excluding tert-OH is 1. The number of alkyl halides is 1. The van der Waals surface area contributed by atoms with Crippen LogP contribution in [0, 0.1) is 0 Å². The van der Waals surface area contributed by atoms with Gasteiger partial charge in [0.1, 0.15) is 12.4 Å². The first-order valence-corrected chi connectivity index (χ1v) is 4.84. The number of carboxylic acids is 1. The van der Waals surface area contributed by atoms with E-state index in [0.29, 0.717) is 6.54 Å². The van der Waals surface area contributed by atoms with Crippen molar-refractivity contribution in [3.8, 4) is 0 Å². The number of halogens is 1. The minimum absolute atomic E-state index is 0.0409. The molecule has 0 aromatic carbocycles. The third kappa shape index (κ3) is 1.99. The molecule has 0 unspecified atom stereocenters. The highest BCUT2D eigenvalue weighted by molar-refractivity contribution is 5.85. The number of rotatable bonds is 2. The fraction of sp³-hybridized carbons (Fsp3) is 0.556. The highest BCUT2D eigenvalue weighted by Gasteiger charge is 2.30. The quantitative estimate of drug-likeness (QED) is 0.759. The van der Waals surface area contributed by atoms with E-state index in [-0.39, 0.29) is 24.7 Å². The maximum absolute atomic E-state index is 13.2. The van der Waals surface area contributed by atoms with Crippen molar-refractivity contribution in [1.82, 2.24) is 4.98 Å². The lowest BCUT2D eigenvalue weighted by atomic mass is 10.1. The van der Waals surface area contributed by atoms with Gasteiger partial charge in [-0.15, -0.1) is 0 Å². The number of hydrogen-bond donors (Lipinski definition) is 2. The van der Waals surface area contributed by atoms with Crippen LogP contribution in [0.2, 0.25) is 0 Å². The monoisotopic (exact) mass is 230 g/mol. The predicted octanol–water partition coefficient (Wildman–Crippen LogP) is 0.282. The van der Waals surface area contributed by atoms with Crippen molar-refractivity contribution < 1.29 is 23.8 Å². The van der Waals surface area contributed by atoms with Crippen LogP contribution in [0.15, 0.2) is 10.7 Å². The number of carbonyl (C=O) groups is 1. The smallest absolute Gasteiger partial charge is 0.357 e. The molecule has 1 aromatic rings. The molecule has 2 N–H and O–H groups in total. The van der Waals surface area contributed by atoms with Gasteiger partial charge in [0.15, 0.2) is 5.69 Å². The molecule has 1 fully saturated rings. The number of aliphatic hydroxyl groups is 1. The topological polar surface area (TPSA) is 86.8 Å². The first kappa shape index (κ1) is 10.9. The van der Waals surface area contributed by atoms with Crippen molar-refractivity contribution >= 4 is 12.0 Å². The Morgan fingerprint density at radius 1 is 1.69 bits per heavy atom. The lowest BCUT2D eigenvalue weighted by molar-refractivity contribution is 0.0602. The largest absolute Gasteiger partial charge is 0.476 e. The summed E-state index contributed by atoms with van der Waals surface area (Å²) in [4.78, 5) is 15.7. The molecule has 0 spiro atoms. The third-order valence-electron chi connectivity index (χ3n) is 2.49. The summed E-state index contributed by atoms with van der Waals surface area (Å²) in [5.41, 5.74) is -0.212. The Morgan fingerprint density at radius 2 is 2.44 bits per heavy atom. The number of aromatic nitrogens is 1. The summed E-state index contributed by atoms with van der Waals surface area (Å²) in [6.07, 6.45) is -1.05. The van der Waals surface area contributed by atoms with Gasteiger partial charge in [0.05, 0.1) is 12.6 Å². The van der Waals surface area contributed by atoms with E-state index in [0.717, 1.165) is 6.26 Å². The minimum Gasteiger partial charge on any atom is -0.476 e. The Labute approximate surface area is 90.3 Å². The van der Waals surface area contributed by atoms with Crippen molar-refractivity contribution in [2.24, 2.45) is 0 Å². The molecule has 2 heterocycles. The molecule has 1 aromatic heterocycles. The van der Waals surface area contributed by atoms with E-state index < -0.39 is 18.2 Å². The molecule has 0 radical (unpaired) electrons. The molecule has 6 nitrogen and oxygen atoms in total. The number of piperidine rings is 1. The summed E-state index contributed by atoms with van der Waals surface area (Å²) >= 11 is 0. The maximum atomic E-state index is 13.2. The van der Waals surface area contributed by atoms with E-state index in [1.165, 1.54) is 4.90 Å². The first-order valence-electron chi connectivity index (χ1n) is 4.84. The molecular formula is C9H11FN2O4. The summed E-state index contributed by atoms with van der Waals surface area (Å²) in [5.74, 6) is -1.19. The summed E-state index contributed by atoms with van der Waals surface area (Å²) < 4.78 is 18.1. The van der Waals surface area contributed by atoms with Crippen LogP contribution >= 0.6 is 0 Å². The molecule has 0 saturated carbocycles. The van der Waals surface area contributed by atoms with Crippen LogP contribution in [0.1, 0.15) is 16.9 Å². The number of hydrogen-bond acceptors (Lipinski definition) is 5. The molecule has 1 aliphatic rings. The predicted molar refractivity (Wildman–Crippen MR) is 51.2 cm³/mol. The molecule has 7 heteroatoms. The van der Waals surface area contributed by atoms with Crippen LogP contribution in [0.4, 0.5) is 10.4 Å². The average molecular weight is 230 g/mol. The molecule has 1 saturated heterocycles. The summed E-state index contributed by atoms with van der Waals surface area (Å²) in [7, 11) is 0. The zero-order chi connectivity index (χ0) is 11.7. The number of anilines is 1. The summed E-state index contributed by atoms with van der Waals surface area (Å²) in [5, 5.41) is 17.8. The van der Waals surface area contributed by atoms with Crippen LogP contribution in [-0.4, -0.2) is 46.5 Å². The second-order valence-electron chi connectivity index (χ2n) is 3.64. The lowest BCUT2D eigenvalue weighted by Gasteiger charge is -2.30. The van der Waals surface area contributed by atoms with Gasteiger partial charge in [0.2, 0.25) is 0 Å². The van der Waals surface area contributed by atoms with Gasteiger partial charge in [0.25, 0.3) is 6.01 Å². The van der Waals surface area contributed by atoms with E-state index in [1.807, 2.05) is 0 Å². The number of nitrogens with zero attached hydrogens (tertiary/aromatic N) is 2. The lowest BCUT2D eigenvalue weighted by Crippen LogP contribution is -2.44. The van der Waals surface area contributed by atoms with Gasteiger partial charge in [-0.2, -0.15) is 4.98 Å². The molecule has 1 aliphatic heterocycles. The van der Waals surface area contributed by atoms with Crippen molar-refractivity contribution in [1.29, 1.82) is 0 Å². The Bertz CT molecular complexity index is 395. The molecule has 2 atom stereocenters. The molecule has 2 rings (SSSR count). The Hall–Kier alpha value is -1.63. The Morgan fingerprint density at radius 3 is 3.00 bits per heavy atom. The van der Waals surface area contributed by atoms with Gasteiger partial charge in [-0.05, 0) is 6.42 Å². The van der Waals surface area contributed by atoms with Gasteiger partial charge >= 0.3 is 5.97 Å². The van der Waals surface area contributed by atoms with Crippen LogP contribution in [-0.2, 0) is 0 Å². The molecule has 0 amide bonds. The zero-order valence-corrected chi connectivity index (χ0v) is 8.34. The van der Waals surface area contributed by atoms with Crippen LogP contribution in [0.5, 0.6) is 0 Å². The Kier molecular flexibility index (Phi) is 2.78. The van der Waals surface area contributed by atoms with Crippen LogP contribution in [0.25, 0.3) is 0 Å². The number of carboxylic acid groups (broad SMARTS) is 1. The molecule has 88 valence electrons. The van der Waals surface area contributed by atoms with Gasteiger partial charge in [-0.1, -0.05) is 0 Å². The van der Waals surface area contributed by atoms with Crippen molar-refractivity contribution in [3.05, 3.63) is 12.0 Å². The SMILES string of the molecule is O=C(O)c1coc(N2CC[C@H](O)[C@H](F)C2)n1. The highest BCUT2D eigenvalue weighted by Crippen LogP contribution is 2.21. The maximum Gasteiger partial charge on any atom is 0.357 e. The fourth-order valence-corrected chi connectivity index (χ4v) is 1.57. The average Bonchev–Trinajstić information content (AvgIpc) is 2.71. The standard InChI is InChI=1S/C9H11FN2O4/c10-5-3-12(2-1-7(5)13)9-11-6(4-16-9)8(14)15/h4-5,7,13H,1-3H2,(H,14,15)/t5-,7+/m1/s1. The first-order chi connectivity index (χ1) is 7.58. The third-order valence-corrected chi connectivity index (χ3v) is 2.49. The molecule has 0 aliphatic carbocycles. The van der Waals surface area contributed by atoms with E-state index >= 15 is 0 Å². The number of aromatic carboxylic acids is 1. The Balaban J connectivity index is 2.09. The second-order valence-corrected chi connectivity index (χ2v) is 3.64. The van der Waals surface area contributed by atoms with Crippen LogP contribution < -0.4 is 4.90 Å². The van der Waals surface area contributed by atoms with Crippen molar-refractivity contribution in [3.63, 3.8) is 0 Å². The molecule has 16 heavy (non-hydrogen) atoms.